The third kappa shape index (κ3) is 6.47. The van der Waals surface area contributed by atoms with E-state index < -0.39 is 0 Å². The van der Waals surface area contributed by atoms with Crippen LogP contribution in [0.15, 0.2) is 72.8 Å². The molecule has 3 aromatic rings. The maximum absolute atomic E-state index is 2.21. The maximum atomic E-state index is 2.21. The lowest BCUT2D eigenvalue weighted by molar-refractivity contribution is 1.41. The van der Waals surface area contributed by atoms with Gasteiger partial charge in [0.05, 0.1) is 0 Å². The molecule has 142 valence electrons. The first-order valence-corrected chi connectivity index (χ1v) is 12.2. The molecule has 0 bridgehead atoms. The SMILES string of the molecule is CSCc1ccc(/C=C/c2ccc(/C=C/c3ccc(CSC)cc3)cc2)cc1. The van der Waals surface area contributed by atoms with Crippen molar-refractivity contribution in [3.8, 4) is 0 Å². The van der Waals surface area contributed by atoms with Gasteiger partial charge in [-0.25, -0.2) is 0 Å². The molecule has 0 heterocycles. The number of hydrogen-bond acceptors (Lipinski definition) is 2. The Morgan fingerprint density at radius 1 is 0.464 bits per heavy atom. The van der Waals surface area contributed by atoms with E-state index in [0.29, 0.717) is 0 Å². The van der Waals surface area contributed by atoms with E-state index in [4.69, 9.17) is 0 Å². The molecule has 0 N–H and O–H groups in total. The molecule has 0 fully saturated rings. The highest BCUT2D eigenvalue weighted by molar-refractivity contribution is 7.98. The molecule has 0 saturated heterocycles. The second-order valence-corrected chi connectivity index (χ2v) is 8.41. The van der Waals surface area contributed by atoms with Gasteiger partial charge in [-0.2, -0.15) is 23.5 Å². The molecule has 0 aromatic heterocycles. The molecule has 0 aliphatic heterocycles. The molecular formula is C26H26S2. The Balaban J connectivity index is 1.59. The standard InChI is InChI=1S/C26H26S2/c1-27-19-25-15-11-23(12-16-25)9-7-21-3-5-22(6-4-21)8-10-24-13-17-26(18-14-24)20-28-2/h3-18H,19-20H2,1-2H3/b9-7+,10-8+. The van der Waals surface area contributed by atoms with E-state index in [2.05, 4.69) is 110 Å². The molecule has 3 rings (SSSR count). The number of thioether (sulfide) groups is 2. The lowest BCUT2D eigenvalue weighted by atomic mass is 10.1. The molecule has 0 atom stereocenters. The molecule has 0 amide bonds. The average molecular weight is 403 g/mol. The van der Waals surface area contributed by atoms with Crippen molar-refractivity contribution in [1.82, 2.24) is 0 Å². The summed E-state index contributed by atoms with van der Waals surface area (Å²) in [6, 6.07) is 26.2. The first-order chi connectivity index (χ1) is 13.8. The quantitative estimate of drug-likeness (QED) is 0.353. The lowest BCUT2D eigenvalue weighted by Gasteiger charge is -2.00. The Kier molecular flexibility index (Phi) is 8.07. The van der Waals surface area contributed by atoms with Crippen LogP contribution in [0.4, 0.5) is 0 Å². The summed E-state index contributed by atoms with van der Waals surface area (Å²) in [5.74, 6) is 2.14. The van der Waals surface area contributed by atoms with Crippen molar-refractivity contribution in [3.05, 3.63) is 106 Å². The number of hydrogen-bond donors (Lipinski definition) is 0. The van der Waals surface area contributed by atoms with E-state index in [1.165, 1.54) is 33.4 Å². The fourth-order valence-corrected chi connectivity index (χ4v) is 3.94. The Morgan fingerprint density at radius 3 is 0.964 bits per heavy atom. The van der Waals surface area contributed by atoms with Crippen LogP contribution in [-0.4, -0.2) is 12.5 Å². The van der Waals surface area contributed by atoms with E-state index in [0.717, 1.165) is 11.5 Å². The van der Waals surface area contributed by atoms with Gasteiger partial charge in [0.25, 0.3) is 0 Å². The van der Waals surface area contributed by atoms with Gasteiger partial charge in [0.1, 0.15) is 0 Å². The van der Waals surface area contributed by atoms with Gasteiger partial charge in [0.2, 0.25) is 0 Å². The minimum atomic E-state index is 1.07. The van der Waals surface area contributed by atoms with Crippen molar-refractivity contribution in [2.24, 2.45) is 0 Å². The second-order valence-electron chi connectivity index (χ2n) is 6.68. The molecule has 2 heteroatoms. The van der Waals surface area contributed by atoms with Crippen LogP contribution < -0.4 is 0 Å². The smallest absolute Gasteiger partial charge is 0.0181 e. The molecule has 0 nitrogen and oxygen atoms in total. The van der Waals surface area contributed by atoms with E-state index in [1.807, 2.05) is 23.5 Å². The monoisotopic (exact) mass is 402 g/mol. The third-order valence-corrected chi connectivity index (χ3v) is 5.70. The van der Waals surface area contributed by atoms with Crippen LogP contribution in [0.2, 0.25) is 0 Å². The molecule has 0 unspecified atom stereocenters. The van der Waals surface area contributed by atoms with Gasteiger partial charge in [-0.15, -0.1) is 0 Å². The minimum Gasteiger partial charge on any atom is -0.161 e. The van der Waals surface area contributed by atoms with Crippen LogP contribution in [0.1, 0.15) is 33.4 Å². The molecule has 0 aliphatic rings. The summed E-state index contributed by atoms with van der Waals surface area (Å²) in [5.41, 5.74) is 7.65. The summed E-state index contributed by atoms with van der Waals surface area (Å²) in [4.78, 5) is 0. The first kappa shape index (κ1) is 20.6. The van der Waals surface area contributed by atoms with E-state index in [-0.39, 0.29) is 0 Å². The van der Waals surface area contributed by atoms with Crippen LogP contribution >= 0.6 is 23.5 Å². The highest BCUT2D eigenvalue weighted by Crippen LogP contribution is 2.16. The van der Waals surface area contributed by atoms with Crippen molar-refractivity contribution >= 4 is 47.8 Å². The van der Waals surface area contributed by atoms with Gasteiger partial charge in [0.15, 0.2) is 0 Å². The van der Waals surface area contributed by atoms with Gasteiger partial charge in [0, 0.05) is 11.5 Å². The molecule has 28 heavy (non-hydrogen) atoms. The topological polar surface area (TPSA) is 0 Å². The predicted molar refractivity (Wildman–Crippen MR) is 132 cm³/mol. The van der Waals surface area contributed by atoms with Gasteiger partial charge < -0.3 is 0 Å². The van der Waals surface area contributed by atoms with E-state index >= 15 is 0 Å². The lowest BCUT2D eigenvalue weighted by Crippen LogP contribution is -1.80. The average Bonchev–Trinajstić information content (AvgIpc) is 2.74. The fraction of sp³-hybridized carbons (Fsp3) is 0.154. The molecule has 0 aliphatic carbocycles. The minimum absolute atomic E-state index is 1.07. The summed E-state index contributed by atoms with van der Waals surface area (Å²) in [6.07, 6.45) is 12.9. The third-order valence-electron chi connectivity index (χ3n) is 4.45. The molecule has 0 radical (unpaired) electrons. The van der Waals surface area contributed by atoms with Crippen molar-refractivity contribution in [3.63, 3.8) is 0 Å². The highest BCUT2D eigenvalue weighted by atomic mass is 32.2. The van der Waals surface area contributed by atoms with Crippen molar-refractivity contribution < 1.29 is 0 Å². The second kappa shape index (κ2) is 11.0. The predicted octanol–water partition coefficient (Wildman–Crippen LogP) is 7.75. The van der Waals surface area contributed by atoms with Crippen LogP contribution in [0.5, 0.6) is 0 Å². The van der Waals surface area contributed by atoms with Gasteiger partial charge in [-0.3, -0.25) is 0 Å². The molecule has 0 saturated carbocycles. The van der Waals surface area contributed by atoms with Gasteiger partial charge in [-0.05, 0) is 45.9 Å². The van der Waals surface area contributed by atoms with Crippen LogP contribution in [-0.2, 0) is 11.5 Å². The highest BCUT2D eigenvalue weighted by Gasteiger charge is 1.94. The van der Waals surface area contributed by atoms with Gasteiger partial charge in [-0.1, -0.05) is 97.1 Å². The maximum Gasteiger partial charge on any atom is 0.0181 e. The van der Waals surface area contributed by atoms with Crippen molar-refractivity contribution in [2.45, 2.75) is 11.5 Å². The van der Waals surface area contributed by atoms with Crippen LogP contribution in [0.25, 0.3) is 24.3 Å². The van der Waals surface area contributed by atoms with Gasteiger partial charge >= 0.3 is 0 Å². The zero-order chi connectivity index (χ0) is 19.6. The number of benzene rings is 3. The Labute approximate surface area is 177 Å². The van der Waals surface area contributed by atoms with E-state index in [1.54, 1.807) is 0 Å². The first-order valence-electron chi connectivity index (χ1n) is 9.39. The summed E-state index contributed by atoms with van der Waals surface area (Å²) in [5, 5.41) is 0. The van der Waals surface area contributed by atoms with Crippen LogP contribution in [0.3, 0.4) is 0 Å². The van der Waals surface area contributed by atoms with Crippen LogP contribution in [0, 0.1) is 0 Å². The molecular weight excluding hydrogens is 376 g/mol. The Bertz CT molecular complexity index is 824. The Morgan fingerprint density at radius 2 is 0.714 bits per heavy atom. The van der Waals surface area contributed by atoms with Crippen molar-refractivity contribution in [1.29, 1.82) is 0 Å². The summed E-state index contributed by atoms with van der Waals surface area (Å²) < 4.78 is 0. The van der Waals surface area contributed by atoms with Crippen molar-refractivity contribution in [2.75, 3.05) is 12.5 Å². The normalized spacial score (nSPS) is 11.5. The summed E-state index contributed by atoms with van der Waals surface area (Å²) in [7, 11) is 0. The largest absolute Gasteiger partial charge is 0.161 e. The summed E-state index contributed by atoms with van der Waals surface area (Å²) in [6.45, 7) is 0. The molecule has 0 spiro atoms. The zero-order valence-corrected chi connectivity index (χ0v) is 18.1. The fourth-order valence-electron chi connectivity index (χ4n) is 2.89. The summed E-state index contributed by atoms with van der Waals surface area (Å²) >= 11 is 3.71. The Hall–Kier alpha value is -2.16. The molecule has 3 aromatic carbocycles. The zero-order valence-electron chi connectivity index (χ0n) is 16.5. The van der Waals surface area contributed by atoms with E-state index in [9.17, 15) is 0 Å². The number of rotatable bonds is 8.